The molecule has 1 aliphatic rings. The molecule has 0 saturated heterocycles. The summed E-state index contributed by atoms with van der Waals surface area (Å²) < 4.78 is 3.53. The van der Waals surface area contributed by atoms with Crippen molar-refractivity contribution in [2.75, 3.05) is 6.26 Å². The highest BCUT2D eigenvalue weighted by Crippen LogP contribution is 2.44. The SMILES string of the molecule is CCn1nc(SC)n2c(=O)c3c(nc12)-c1ccccc1CC3(CC)CC. The van der Waals surface area contributed by atoms with E-state index in [1.807, 2.05) is 23.9 Å². The minimum absolute atomic E-state index is 0.0484. The zero-order chi connectivity index (χ0) is 18.5. The zero-order valence-corrected chi connectivity index (χ0v) is 16.6. The quantitative estimate of drug-likeness (QED) is 0.655. The monoisotopic (exact) mass is 368 g/mol. The average molecular weight is 369 g/mol. The van der Waals surface area contributed by atoms with Crippen LogP contribution in [0.4, 0.5) is 0 Å². The molecular weight excluding hydrogens is 344 g/mol. The molecule has 2 aromatic heterocycles. The van der Waals surface area contributed by atoms with Crippen molar-refractivity contribution >= 4 is 17.5 Å². The van der Waals surface area contributed by atoms with Crippen LogP contribution in [0.2, 0.25) is 0 Å². The molecule has 4 rings (SSSR count). The van der Waals surface area contributed by atoms with Gasteiger partial charge in [-0.1, -0.05) is 49.9 Å². The summed E-state index contributed by atoms with van der Waals surface area (Å²) in [6.07, 6.45) is 4.69. The second-order valence-corrected chi connectivity index (χ2v) is 7.67. The molecular formula is C20H24N4OS. The van der Waals surface area contributed by atoms with Gasteiger partial charge in [-0.25, -0.2) is 14.1 Å². The van der Waals surface area contributed by atoms with E-state index in [0.717, 1.165) is 36.1 Å². The second kappa shape index (κ2) is 6.27. The van der Waals surface area contributed by atoms with Crippen molar-refractivity contribution in [1.82, 2.24) is 19.2 Å². The number of aryl methyl sites for hydroxylation is 1. The van der Waals surface area contributed by atoms with Gasteiger partial charge >= 0.3 is 0 Å². The van der Waals surface area contributed by atoms with Gasteiger partial charge in [0.2, 0.25) is 5.78 Å². The number of nitrogens with zero attached hydrogens (tertiary/aromatic N) is 4. The van der Waals surface area contributed by atoms with Gasteiger partial charge in [0.05, 0.1) is 11.3 Å². The van der Waals surface area contributed by atoms with Crippen LogP contribution in [0.5, 0.6) is 0 Å². The Morgan fingerprint density at radius 1 is 1.19 bits per heavy atom. The highest BCUT2D eigenvalue weighted by Gasteiger charge is 2.40. The summed E-state index contributed by atoms with van der Waals surface area (Å²) in [5.74, 6) is 0.637. The van der Waals surface area contributed by atoms with E-state index in [0.29, 0.717) is 17.5 Å². The van der Waals surface area contributed by atoms with Gasteiger partial charge in [0.1, 0.15) is 0 Å². The molecule has 0 bridgehead atoms. The Morgan fingerprint density at radius 2 is 1.92 bits per heavy atom. The zero-order valence-electron chi connectivity index (χ0n) is 15.7. The van der Waals surface area contributed by atoms with E-state index in [2.05, 4.69) is 37.1 Å². The lowest BCUT2D eigenvalue weighted by Crippen LogP contribution is -2.39. The number of aromatic nitrogens is 4. The molecule has 0 spiro atoms. The van der Waals surface area contributed by atoms with Crippen molar-refractivity contribution in [3.05, 3.63) is 45.7 Å². The Hall–Kier alpha value is -2.08. The van der Waals surface area contributed by atoms with Crippen LogP contribution in [0.25, 0.3) is 17.0 Å². The molecule has 0 N–H and O–H groups in total. The number of thioether (sulfide) groups is 1. The van der Waals surface area contributed by atoms with Crippen molar-refractivity contribution in [1.29, 1.82) is 0 Å². The van der Waals surface area contributed by atoms with E-state index in [1.54, 1.807) is 4.40 Å². The Bertz CT molecular complexity index is 1050. The van der Waals surface area contributed by atoms with E-state index in [-0.39, 0.29) is 11.0 Å². The summed E-state index contributed by atoms with van der Waals surface area (Å²) in [5.41, 5.74) is 3.97. The maximum atomic E-state index is 13.7. The molecule has 0 atom stereocenters. The third kappa shape index (κ3) is 2.21. The molecule has 0 saturated carbocycles. The molecule has 0 aliphatic heterocycles. The van der Waals surface area contributed by atoms with Gasteiger partial charge in [0, 0.05) is 17.5 Å². The molecule has 5 nitrogen and oxygen atoms in total. The van der Waals surface area contributed by atoms with Crippen molar-refractivity contribution in [2.45, 2.75) is 57.1 Å². The van der Waals surface area contributed by atoms with E-state index < -0.39 is 0 Å². The van der Waals surface area contributed by atoms with Gasteiger partial charge < -0.3 is 0 Å². The van der Waals surface area contributed by atoms with E-state index in [1.165, 1.54) is 17.3 Å². The van der Waals surface area contributed by atoms with Gasteiger partial charge in [0.15, 0.2) is 5.16 Å². The molecule has 0 amide bonds. The maximum absolute atomic E-state index is 13.7. The van der Waals surface area contributed by atoms with Crippen molar-refractivity contribution in [2.24, 2.45) is 0 Å². The molecule has 6 heteroatoms. The van der Waals surface area contributed by atoms with Crippen molar-refractivity contribution in [3.63, 3.8) is 0 Å². The van der Waals surface area contributed by atoms with Gasteiger partial charge in [0.25, 0.3) is 5.56 Å². The molecule has 3 aromatic rings. The summed E-state index contributed by atoms with van der Waals surface area (Å²) in [6, 6.07) is 8.37. The van der Waals surface area contributed by atoms with E-state index in [4.69, 9.17) is 4.98 Å². The molecule has 26 heavy (non-hydrogen) atoms. The number of benzene rings is 1. The van der Waals surface area contributed by atoms with Crippen molar-refractivity contribution < 1.29 is 0 Å². The Labute approximate surface area is 157 Å². The summed E-state index contributed by atoms with van der Waals surface area (Å²) in [4.78, 5) is 18.7. The summed E-state index contributed by atoms with van der Waals surface area (Å²) >= 11 is 1.49. The molecule has 0 radical (unpaired) electrons. The highest BCUT2D eigenvalue weighted by atomic mass is 32.2. The fraction of sp³-hybridized carbons (Fsp3) is 0.450. The number of rotatable bonds is 4. The molecule has 0 fully saturated rings. The largest absolute Gasteiger partial charge is 0.268 e. The van der Waals surface area contributed by atoms with Crippen LogP contribution in [0.3, 0.4) is 0 Å². The lowest BCUT2D eigenvalue weighted by Gasteiger charge is -2.37. The van der Waals surface area contributed by atoms with Gasteiger partial charge in [-0.3, -0.25) is 4.79 Å². The Kier molecular flexibility index (Phi) is 4.18. The minimum Gasteiger partial charge on any atom is -0.268 e. The Morgan fingerprint density at radius 3 is 2.58 bits per heavy atom. The molecule has 2 heterocycles. The van der Waals surface area contributed by atoms with Crippen molar-refractivity contribution in [3.8, 4) is 11.3 Å². The molecule has 136 valence electrons. The normalized spacial score (nSPS) is 15.1. The number of hydrogen-bond acceptors (Lipinski definition) is 4. The van der Waals surface area contributed by atoms with E-state index in [9.17, 15) is 4.79 Å². The number of hydrogen-bond donors (Lipinski definition) is 0. The van der Waals surface area contributed by atoms with Crippen LogP contribution in [-0.2, 0) is 18.4 Å². The first kappa shape index (κ1) is 17.3. The second-order valence-electron chi connectivity index (χ2n) is 6.90. The smallest absolute Gasteiger partial charge is 0.265 e. The topological polar surface area (TPSA) is 52.2 Å². The lowest BCUT2D eigenvalue weighted by molar-refractivity contribution is 0.382. The third-order valence-corrected chi connectivity index (χ3v) is 6.49. The molecule has 0 unspecified atom stereocenters. The van der Waals surface area contributed by atoms with Crippen LogP contribution in [0, 0.1) is 0 Å². The molecule has 1 aromatic carbocycles. The number of fused-ring (bicyclic) bond motifs is 4. The average Bonchev–Trinajstić information content (AvgIpc) is 3.05. The standard InChI is InChI=1S/C20H24N4OS/c1-5-20(6-2)12-13-10-8-9-11-14(13)16-15(20)17(25)24-18(21-16)23(7-3)22-19(24)26-4/h8-11H,5-7,12H2,1-4H3. The van der Waals surface area contributed by atoms with E-state index >= 15 is 0 Å². The fourth-order valence-corrected chi connectivity index (χ4v) is 4.80. The summed E-state index contributed by atoms with van der Waals surface area (Å²) in [7, 11) is 0. The predicted molar refractivity (Wildman–Crippen MR) is 106 cm³/mol. The summed E-state index contributed by atoms with van der Waals surface area (Å²) in [5, 5.41) is 5.30. The first-order chi connectivity index (χ1) is 12.6. The maximum Gasteiger partial charge on any atom is 0.265 e. The van der Waals surface area contributed by atoms with Crippen LogP contribution in [0.15, 0.2) is 34.2 Å². The van der Waals surface area contributed by atoms with Crippen LogP contribution in [0.1, 0.15) is 44.7 Å². The van der Waals surface area contributed by atoms with Crippen LogP contribution >= 0.6 is 11.8 Å². The van der Waals surface area contributed by atoms with Gasteiger partial charge in [-0.2, -0.15) is 0 Å². The van der Waals surface area contributed by atoms with Crippen LogP contribution in [-0.4, -0.2) is 25.4 Å². The van der Waals surface area contributed by atoms with Gasteiger partial charge in [-0.05, 0) is 38.0 Å². The highest BCUT2D eigenvalue weighted by molar-refractivity contribution is 7.98. The first-order valence-corrected chi connectivity index (χ1v) is 10.5. The lowest BCUT2D eigenvalue weighted by atomic mass is 9.66. The summed E-state index contributed by atoms with van der Waals surface area (Å²) in [6.45, 7) is 7.07. The molecule has 1 aliphatic carbocycles. The third-order valence-electron chi connectivity index (χ3n) is 5.86. The Balaban J connectivity index is 2.19. The predicted octanol–water partition coefficient (Wildman–Crippen LogP) is 3.91. The van der Waals surface area contributed by atoms with Crippen LogP contribution < -0.4 is 5.56 Å². The minimum atomic E-state index is -0.168. The first-order valence-electron chi connectivity index (χ1n) is 9.26. The fourth-order valence-electron chi connectivity index (χ4n) is 4.28. The van der Waals surface area contributed by atoms with Gasteiger partial charge in [-0.15, -0.1) is 5.10 Å².